The Morgan fingerprint density at radius 2 is 2.00 bits per heavy atom. The lowest BCUT2D eigenvalue weighted by Gasteiger charge is -2.16. The summed E-state index contributed by atoms with van der Waals surface area (Å²) in [5.41, 5.74) is 1.60. The first-order valence-electron chi connectivity index (χ1n) is 7.15. The van der Waals surface area contributed by atoms with Crippen LogP contribution in [-0.2, 0) is 10.0 Å². The van der Waals surface area contributed by atoms with Gasteiger partial charge in [-0.1, -0.05) is 13.8 Å². The molecule has 0 saturated carbocycles. The van der Waals surface area contributed by atoms with Crippen molar-refractivity contribution in [1.82, 2.24) is 0 Å². The smallest absolute Gasteiger partial charge is 0.262 e. The summed E-state index contributed by atoms with van der Waals surface area (Å²) in [6.07, 6.45) is 2.45. The summed E-state index contributed by atoms with van der Waals surface area (Å²) in [6.45, 7) is 5.64. The van der Waals surface area contributed by atoms with Crippen LogP contribution in [0.5, 0.6) is 5.75 Å². The SMILES string of the molecule is COc1cc(C)c(S(=O)(=O)Nc2ccc[n+]([O-])c2)cc1C(C)C. The molecule has 2 aromatic rings. The highest BCUT2D eigenvalue weighted by atomic mass is 32.2. The van der Waals surface area contributed by atoms with E-state index in [1.807, 2.05) is 13.8 Å². The lowest BCUT2D eigenvalue weighted by molar-refractivity contribution is -0.604. The quantitative estimate of drug-likeness (QED) is 0.672. The van der Waals surface area contributed by atoms with Crippen LogP contribution in [0.15, 0.2) is 41.6 Å². The first-order chi connectivity index (χ1) is 10.7. The second-order valence-corrected chi connectivity index (χ2v) is 7.22. The number of hydrogen-bond acceptors (Lipinski definition) is 4. The minimum atomic E-state index is -3.80. The maximum atomic E-state index is 12.6. The second kappa shape index (κ2) is 6.45. The third-order valence-electron chi connectivity index (χ3n) is 3.47. The van der Waals surface area contributed by atoms with Gasteiger partial charge in [0.05, 0.1) is 12.0 Å². The van der Waals surface area contributed by atoms with E-state index in [1.165, 1.54) is 24.5 Å². The summed E-state index contributed by atoms with van der Waals surface area (Å²) < 4.78 is 33.6. The van der Waals surface area contributed by atoms with E-state index in [9.17, 15) is 13.6 Å². The minimum Gasteiger partial charge on any atom is -0.619 e. The molecule has 1 N–H and O–H groups in total. The molecule has 0 atom stereocenters. The van der Waals surface area contributed by atoms with E-state index in [2.05, 4.69) is 4.72 Å². The van der Waals surface area contributed by atoms with Gasteiger partial charge in [-0.05, 0) is 42.2 Å². The van der Waals surface area contributed by atoms with E-state index in [-0.39, 0.29) is 16.5 Å². The molecule has 1 aromatic heterocycles. The Kier molecular flexibility index (Phi) is 4.79. The average molecular weight is 336 g/mol. The van der Waals surface area contributed by atoms with Crippen molar-refractivity contribution in [2.45, 2.75) is 31.6 Å². The lowest BCUT2D eigenvalue weighted by atomic mass is 10.0. The van der Waals surface area contributed by atoms with Crippen molar-refractivity contribution in [3.8, 4) is 5.75 Å². The molecule has 0 unspecified atom stereocenters. The summed E-state index contributed by atoms with van der Waals surface area (Å²) in [5.74, 6) is 0.772. The standard InChI is InChI=1S/C16H20N2O4S/c1-11(2)14-9-16(12(3)8-15(14)22-4)23(20,21)17-13-6-5-7-18(19)10-13/h5-11,17H,1-4H3. The first kappa shape index (κ1) is 17.1. The number of pyridine rings is 1. The number of rotatable bonds is 5. The summed E-state index contributed by atoms with van der Waals surface area (Å²) in [5, 5.41) is 11.3. The molecule has 0 radical (unpaired) electrons. The molecule has 0 aliphatic carbocycles. The molecular formula is C16H20N2O4S. The van der Waals surface area contributed by atoms with Gasteiger partial charge in [0.15, 0.2) is 6.20 Å². The molecule has 0 aliphatic rings. The van der Waals surface area contributed by atoms with Crippen molar-refractivity contribution >= 4 is 15.7 Å². The Bertz CT molecular complexity index is 817. The molecule has 6 nitrogen and oxygen atoms in total. The van der Waals surface area contributed by atoms with Gasteiger partial charge < -0.3 is 9.94 Å². The highest BCUT2D eigenvalue weighted by molar-refractivity contribution is 7.92. The van der Waals surface area contributed by atoms with Crippen molar-refractivity contribution in [2.24, 2.45) is 0 Å². The fraction of sp³-hybridized carbons (Fsp3) is 0.312. The molecule has 124 valence electrons. The van der Waals surface area contributed by atoms with E-state index in [4.69, 9.17) is 4.74 Å². The molecule has 0 bridgehead atoms. The third-order valence-corrected chi connectivity index (χ3v) is 4.99. The van der Waals surface area contributed by atoms with Gasteiger partial charge in [-0.25, -0.2) is 8.42 Å². The van der Waals surface area contributed by atoms with Gasteiger partial charge >= 0.3 is 0 Å². The third kappa shape index (κ3) is 3.73. The topological polar surface area (TPSA) is 82.3 Å². The van der Waals surface area contributed by atoms with E-state index < -0.39 is 10.0 Å². The van der Waals surface area contributed by atoms with Crippen molar-refractivity contribution in [3.63, 3.8) is 0 Å². The van der Waals surface area contributed by atoms with Crippen LogP contribution in [0.1, 0.15) is 30.9 Å². The van der Waals surface area contributed by atoms with Gasteiger partial charge in [0.25, 0.3) is 10.0 Å². The number of benzene rings is 1. The molecule has 23 heavy (non-hydrogen) atoms. The Balaban J connectivity index is 2.49. The second-order valence-electron chi connectivity index (χ2n) is 5.57. The number of sulfonamides is 1. The summed E-state index contributed by atoms with van der Waals surface area (Å²) in [7, 11) is -2.24. The van der Waals surface area contributed by atoms with Gasteiger partial charge in [-0.2, -0.15) is 4.73 Å². The van der Waals surface area contributed by atoms with Crippen LogP contribution in [-0.4, -0.2) is 15.5 Å². The maximum Gasteiger partial charge on any atom is 0.262 e. The van der Waals surface area contributed by atoms with Crippen molar-refractivity contribution < 1.29 is 17.9 Å². The predicted molar refractivity (Wildman–Crippen MR) is 88.0 cm³/mol. The monoisotopic (exact) mass is 336 g/mol. The molecule has 0 amide bonds. The van der Waals surface area contributed by atoms with Crippen LogP contribution >= 0.6 is 0 Å². The van der Waals surface area contributed by atoms with Crippen LogP contribution in [0.25, 0.3) is 0 Å². The van der Waals surface area contributed by atoms with Crippen molar-refractivity contribution in [2.75, 3.05) is 11.8 Å². The van der Waals surface area contributed by atoms with E-state index >= 15 is 0 Å². The zero-order valence-corrected chi connectivity index (χ0v) is 14.3. The van der Waals surface area contributed by atoms with Gasteiger partial charge in [0.1, 0.15) is 11.4 Å². The molecule has 1 aromatic carbocycles. The van der Waals surface area contributed by atoms with Crippen molar-refractivity contribution in [1.29, 1.82) is 0 Å². The van der Waals surface area contributed by atoms with Crippen molar-refractivity contribution in [3.05, 3.63) is 53.0 Å². The fourth-order valence-corrected chi connectivity index (χ4v) is 3.63. The number of aromatic nitrogens is 1. The number of anilines is 1. The summed E-state index contributed by atoms with van der Waals surface area (Å²) in [6, 6.07) is 6.33. The van der Waals surface area contributed by atoms with Crippen LogP contribution < -0.4 is 14.2 Å². The van der Waals surface area contributed by atoms with E-state index in [1.54, 1.807) is 26.2 Å². The number of nitrogens with zero attached hydrogens (tertiary/aromatic N) is 1. The van der Waals surface area contributed by atoms with Crippen LogP contribution in [0.4, 0.5) is 5.69 Å². The van der Waals surface area contributed by atoms with Crippen LogP contribution in [0.3, 0.4) is 0 Å². The minimum absolute atomic E-state index is 0.111. The molecule has 0 spiro atoms. The van der Waals surface area contributed by atoms with E-state index in [0.29, 0.717) is 16.0 Å². The largest absolute Gasteiger partial charge is 0.619 e. The molecule has 0 saturated heterocycles. The van der Waals surface area contributed by atoms with Crippen LogP contribution in [0, 0.1) is 12.1 Å². The van der Waals surface area contributed by atoms with Gasteiger partial charge in [0.2, 0.25) is 6.20 Å². The average Bonchev–Trinajstić information content (AvgIpc) is 2.45. The molecule has 0 aliphatic heterocycles. The zero-order chi connectivity index (χ0) is 17.2. The van der Waals surface area contributed by atoms with Gasteiger partial charge in [0, 0.05) is 6.07 Å². The Morgan fingerprint density at radius 1 is 1.30 bits per heavy atom. The van der Waals surface area contributed by atoms with E-state index in [0.717, 1.165) is 5.56 Å². The molecule has 1 heterocycles. The normalized spacial score (nSPS) is 11.5. The van der Waals surface area contributed by atoms with Gasteiger partial charge in [-0.15, -0.1) is 0 Å². The fourth-order valence-electron chi connectivity index (χ4n) is 2.32. The first-order valence-corrected chi connectivity index (χ1v) is 8.63. The number of nitrogens with one attached hydrogen (secondary N) is 1. The van der Waals surface area contributed by atoms with Crippen LogP contribution in [0.2, 0.25) is 0 Å². The Labute approximate surface area is 136 Å². The predicted octanol–water partition coefficient (Wildman–Crippen LogP) is 2.56. The Morgan fingerprint density at radius 3 is 2.57 bits per heavy atom. The molecule has 2 rings (SSSR count). The summed E-state index contributed by atoms with van der Waals surface area (Å²) in [4.78, 5) is 0.170. The molecule has 0 fully saturated rings. The number of aryl methyl sites for hydroxylation is 1. The lowest BCUT2D eigenvalue weighted by Crippen LogP contribution is -2.25. The highest BCUT2D eigenvalue weighted by Crippen LogP contribution is 2.32. The number of methoxy groups -OCH3 is 1. The van der Waals surface area contributed by atoms with Gasteiger partial charge in [-0.3, -0.25) is 4.72 Å². The highest BCUT2D eigenvalue weighted by Gasteiger charge is 2.21. The number of ether oxygens (including phenoxy) is 1. The molecule has 7 heteroatoms. The zero-order valence-electron chi connectivity index (χ0n) is 13.5. The maximum absolute atomic E-state index is 12.6. The Hall–Kier alpha value is -2.28. The number of hydrogen-bond donors (Lipinski definition) is 1. The molecular weight excluding hydrogens is 316 g/mol. The summed E-state index contributed by atoms with van der Waals surface area (Å²) >= 11 is 0.